The Kier molecular flexibility index (Phi) is 4.81. The molecule has 0 unspecified atom stereocenters. The number of hydrogen-bond acceptors (Lipinski definition) is 5. The highest BCUT2D eigenvalue weighted by Crippen LogP contribution is 2.13. The summed E-state index contributed by atoms with van der Waals surface area (Å²) in [5.74, 6) is 2.22. The molecule has 0 spiro atoms. The van der Waals surface area contributed by atoms with E-state index in [1.54, 1.807) is 24.3 Å². The Morgan fingerprint density at radius 1 is 1.47 bits per heavy atom. The molecular formula is C13H13N3O2S. The molecule has 1 heterocycles. The van der Waals surface area contributed by atoms with Gasteiger partial charge in [-0.3, -0.25) is 4.79 Å². The zero-order chi connectivity index (χ0) is 13.5. The van der Waals surface area contributed by atoms with Gasteiger partial charge in [-0.05, 0) is 36.4 Å². The van der Waals surface area contributed by atoms with Crippen LogP contribution in [-0.2, 0) is 4.79 Å². The Morgan fingerprint density at radius 3 is 2.89 bits per heavy atom. The number of hydrogen-bond donors (Lipinski definition) is 1. The van der Waals surface area contributed by atoms with Crippen LogP contribution in [0.5, 0.6) is 5.75 Å². The second kappa shape index (κ2) is 6.81. The molecule has 0 aliphatic carbocycles. The van der Waals surface area contributed by atoms with Crippen LogP contribution in [0.25, 0.3) is 0 Å². The molecule has 1 saturated heterocycles. The van der Waals surface area contributed by atoms with E-state index in [1.165, 1.54) is 0 Å². The maximum atomic E-state index is 11.5. The van der Waals surface area contributed by atoms with Crippen molar-refractivity contribution < 1.29 is 9.53 Å². The minimum atomic E-state index is -0.284. The molecule has 0 radical (unpaired) electrons. The number of carbonyl (C=O) groups is 1. The number of nitrogens with zero attached hydrogens (tertiary/aromatic N) is 2. The standard InChI is InChI=1S/C13H13N3O2S/c14-7-10-1-3-12(4-2-10)18-8-13(17)16-15-11-5-6-19-9-11/h1-4H,5-6,8-9H2,(H,16,17)/b15-11+. The molecule has 1 aliphatic heterocycles. The Balaban J connectivity index is 1.76. The molecule has 1 aliphatic rings. The van der Waals surface area contributed by atoms with Crippen molar-refractivity contribution in [3.63, 3.8) is 0 Å². The third-order valence-corrected chi connectivity index (χ3v) is 3.53. The highest BCUT2D eigenvalue weighted by atomic mass is 32.2. The predicted molar refractivity (Wildman–Crippen MR) is 74.2 cm³/mol. The van der Waals surface area contributed by atoms with Crippen LogP contribution >= 0.6 is 11.8 Å². The lowest BCUT2D eigenvalue weighted by molar-refractivity contribution is -0.123. The van der Waals surface area contributed by atoms with E-state index in [4.69, 9.17) is 10.00 Å². The lowest BCUT2D eigenvalue weighted by Gasteiger charge is -2.05. The van der Waals surface area contributed by atoms with Gasteiger partial charge >= 0.3 is 0 Å². The van der Waals surface area contributed by atoms with Crippen LogP contribution in [0.2, 0.25) is 0 Å². The number of rotatable bonds is 4. The van der Waals surface area contributed by atoms with Crippen LogP contribution in [0.3, 0.4) is 0 Å². The van der Waals surface area contributed by atoms with Crippen LogP contribution in [0.1, 0.15) is 12.0 Å². The van der Waals surface area contributed by atoms with Crippen LogP contribution in [-0.4, -0.2) is 29.7 Å². The highest BCUT2D eigenvalue weighted by molar-refractivity contribution is 8.00. The monoisotopic (exact) mass is 275 g/mol. The molecule has 1 amide bonds. The molecule has 6 heteroatoms. The number of thioether (sulfide) groups is 1. The summed E-state index contributed by atoms with van der Waals surface area (Å²) in [4.78, 5) is 11.5. The first-order chi connectivity index (χ1) is 9.28. The summed E-state index contributed by atoms with van der Waals surface area (Å²) in [6.07, 6.45) is 0.932. The van der Waals surface area contributed by atoms with Gasteiger partial charge in [-0.25, -0.2) is 5.43 Å². The van der Waals surface area contributed by atoms with E-state index in [9.17, 15) is 4.79 Å². The Bertz CT molecular complexity index is 512. The second-order valence-electron chi connectivity index (χ2n) is 3.94. The number of amides is 1. The highest BCUT2D eigenvalue weighted by Gasteiger charge is 2.09. The van der Waals surface area contributed by atoms with Crippen molar-refractivity contribution in [2.24, 2.45) is 5.10 Å². The molecule has 19 heavy (non-hydrogen) atoms. The number of hydrazone groups is 1. The van der Waals surface area contributed by atoms with Crippen molar-refractivity contribution in [2.75, 3.05) is 18.1 Å². The summed E-state index contributed by atoms with van der Waals surface area (Å²) >= 11 is 1.81. The smallest absolute Gasteiger partial charge is 0.277 e. The van der Waals surface area contributed by atoms with Gasteiger partial charge < -0.3 is 4.74 Å². The van der Waals surface area contributed by atoms with Gasteiger partial charge in [0.15, 0.2) is 6.61 Å². The summed E-state index contributed by atoms with van der Waals surface area (Å²) in [5.41, 5.74) is 4.04. The van der Waals surface area contributed by atoms with Crippen molar-refractivity contribution in [3.8, 4) is 11.8 Å². The molecule has 0 saturated carbocycles. The van der Waals surface area contributed by atoms with Gasteiger partial charge in [-0.2, -0.15) is 22.1 Å². The van der Waals surface area contributed by atoms with E-state index >= 15 is 0 Å². The Morgan fingerprint density at radius 2 is 2.26 bits per heavy atom. The lowest BCUT2D eigenvalue weighted by Crippen LogP contribution is -2.25. The number of nitriles is 1. The zero-order valence-electron chi connectivity index (χ0n) is 10.3. The van der Waals surface area contributed by atoms with Crippen molar-refractivity contribution in [1.82, 2.24) is 5.43 Å². The normalized spacial score (nSPS) is 16.1. The zero-order valence-corrected chi connectivity index (χ0v) is 11.1. The van der Waals surface area contributed by atoms with E-state index in [0.717, 1.165) is 23.6 Å². The minimum Gasteiger partial charge on any atom is -0.484 e. The van der Waals surface area contributed by atoms with Gasteiger partial charge in [0.25, 0.3) is 5.91 Å². The van der Waals surface area contributed by atoms with E-state index < -0.39 is 0 Å². The number of ether oxygens (including phenoxy) is 1. The van der Waals surface area contributed by atoms with E-state index in [-0.39, 0.29) is 12.5 Å². The van der Waals surface area contributed by atoms with Crippen LogP contribution in [0.15, 0.2) is 29.4 Å². The van der Waals surface area contributed by atoms with Crippen LogP contribution in [0.4, 0.5) is 0 Å². The van der Waals surface area contributed by atoms with Gasteiger partial charge in [-0.15, -0.1) is 0 Å². The molecule has 0 aromatic heterocycles. The maximum Gasteiger partial charge on any atom is 0.277 e. The maximum absolute atomic E-state index is 11.5. The molecule has 98 valence electrons. The quantitative estimate of drug-likeness (QED) is 0.846. The topological polar surface area (TPSA) is 74.5 Å². The van der Waals surface area contributed by atoms with Gasteiger partial charge in [0, 0.05) is 11.5 Å². The summed E-state index contributed by atoms with van der Waals surface area (Å²) < 4.78 is 5.29. The summed E-state index contributed by atoms with van der Waals surface area (Å²) in [6.45, 7) is -0.0875. The molecule has 1 N–H and O–H groups in total. The van der Waals surface area contributed by atoms with Crippen LogP contribution < -0.4 is 10.2 Å². The fraction of sp³-hybridized carbons (Fsp3) is 0.308. The van der Waals surface area contributed by atoms with Crippen molar-refractivity contribution in [1.29, 1.82) is 5.26 Å². The average Bonchev–Trinajstić information content (AvgIpc) is 2.96. The van der Waals surface area contributed by atoms with Crippen molar-refractivity contribution in [3.05, 3.63) is 29.8 Å². The SMILES string of the molecule is N#Cc1ccc(OCC(=O)N/N=C2\CCSC2)cc1. The Hall–Kier alpha value is -2.00. The van der Waals surface area contributed by atoms with E-state index in [2.05, 4.69) is 10.5 Å². The van der Waals surface area contributed by atoms with Crippen molar-refractivity contribution in [2.45, 2.75) is 6.42 Å². The number of carbonyl (C=O) groups excluding carboxylic acids is 1. The Labute approximate surface area is 115 Å². The fourth-order valence-corrected chi connectivity index (χ4v) is 2.46. The third-order valence-electron chi connectivity index (χ3n) is 2.50. The van der Waals surface area contributed by atoms with Gasteiger partial charge in [0.05, 0.1) is 11.6 Å². The molecule has 1 fully saturated rings. The van der Waals surface area contributed by atoms with Gasteiger partial charge in [-0.1, -0.05) is 0 Å². The summed E-state index contributed by atoms with van der Waals surface area (Å²) in [6, 6.07) is 8.62. The molecule has 5 nitrogen and oxygen atoms in total. The number of nitrogens with one attached hydrogen (secondary N) is 1. The summed E-state index contributed by atoms with van der Waals surface area (Å²) in [7, 11) is 0. The summed E-state index contributed by atoms with van der Waals surface area (Å²) in [5, 5.41) is 12.7. The molecule has 0 bridgehead atoms. The van der Waals surface area contributed by atoms with E-state index in [0.29, 0.717) is 11.3 Å². The first-order valence-electron chi connectivity index (χ1n) is 5.83. The molecule has 2 rings (SSSR count). The fourth-order valence-electron chi connectivity index (χ4n) is 1.49. The van der Waals surface area contributed by atoms with Crippen LogP contribution in [0, 0.1) is 11.3 Å². The minimum absolute atomic E-state index is 0.0875. The van der Waals surface area contributed by atoms with Gasteiger partial charge in [0.2, 0.25) is 0 Å². The second-order valence-corrected chi connectivity index (χ2v) is 5.05. The molecular weight excluding hydrogens is 262 g/mol. The third kappa shape index (κ3) is 4.30. The van der Waals surface area contributed by atoms with E-state index in [1.807, 2.05) is 17.8 Å². The molecule has 1 aromatic rings. The lowest BCUT2D eigenvalue weighted by atomic mass is 10.2. The predicted octanol–water partition coefficient (Wildman–Crippen LogP) is 1.55. The first kappa shape index (κ1) is 13.4. The molecule has 1 aromatic carbocycles. The van der Waals surface area contributed by atoms with Gasteiger partial charge in [0.1, 0.15) is 5.75 Å². The first-order valence-corrected chi connectivity index (χ1v) is 6.98. The average molecular weight is 275 g/mol. The molecule has 0 atom stereocenters. The van der Waals surface area contributed by atoms with Crippen molar-refractivity contribution >= 4 is 23.4 Å². The number of benzene rings is 1. The largest absolute Gasteiger partial charge is 0.484 e.